The molecule has 2 atom stereocenters. The van der Waals surface area contributed by atoms with Crippen LogP contribution in [0.3, 0.4) is 0 Å². The summed E-state index contributed by atoms with van der Waals surface area (Å²) in [5.74, 6) is 1.37. The molecule has 144 valence electrons. The number of ether oxygens (including phenoxy) is 1. The van der Waals surface area contributed by atoms with Gasteiger partial charge >= 0.3 is 0 Å². The average molecular weight is 473 g/mol. The average Bonchev–Trinajstić information content (AvgIpc) is 3.27. The number of hydrogen-bond acceptors (Lipinski definition) is 4. The largest absolute Gasteiger partial charge is 0.370 e. The molecule has 26 heavy (non-hydrogen) atoms. The van der Waals surface area contributed by atoms with Crippen LogP contribution in [0.25, 0.3) is 0 Å². The van der Waals surface area contributed by atoms with Crippen LogP contribution in [0.5, 0.6) is 0 Å². The van der Waals surface area contributed by atoms with Crippen molar-refractivity contribution in [3.05, 3.63) is 36.4 Å². The van der Waals surface area contributed by atoms with E-state index in [0.29, 0.717) is 12.5 Å². The van der Waals surface area contributed by atoms with Crippen molar-refractivity contribution in [2.45, 2.75) is 19.6 Å². The van der Waals surface area contributed by atoms with Gasteiger partial charge in [0, 0.05) is 57.9 Å². The molecule has 0 spiro atoms. The molecule has 0 radical (unpaired) electrons. The predicted octanol–water partition coefficient (Wildman–Crippen LogP) is 1.52. The van der Waals surface area contributed by atoms with E-state index in [1.54, 1.807) is 0 Å². The molecule has 2 aromatic heterocycles. The van der Waals surface area contributed by atoms with E-state index in [2.05, 4.69) is 32.3 Å². The number of morpholine rings is 1. The van der Waals surface area contributed by atoms with Gasteiger partial charge in [0.15, 0.2) is 5.96 Å². The molecule has 2 aromatic rings. The van der Waals surface area contributed by atoms with Crippen molar-refractivity contribution >= 4 is 29.9 Å². The number of aromatic nitrogens is 4. The fourth-order valence-corrected chi connectivity index (χ4v) is 3.04. The van der Waals surface area contributed by atoms with Gasteiger partial charge in [0.1, 0.15) is 6.10 Å². The Bertz CT molecular complexity index is 685. The zero-order valence-corrected chi connectivity index (χ0v) is 17.9. The van der Waals surface area contributed by atoms with Gasteiger partial charge in [-0.05, 0) is 12.0 Å². The Morgan fingerprint density at radius 3 is 2.96 bits per heavy atom. The highest BCUT2D eigenvalue weighted by molar-refractivity contribution is 14.0. The third-order valence-corrected chi connectivity index (χ3v) is 4.34. The minimum absolute atomic E-state index is 0. The number of aliphatic imine (C=N–C) groups is 1. The number of rotatable bonds is 5. The van der Waals surface area contributed by atoms with Crippen molar-refractivity contribution in [1.82, 2.24) is 29.8 Å². The molecule has 1 N–H and O–H groups in total. The Labute approximate surface area is 171 Å². The van der Waals surface area contributed by atoms with Crippen LogP contribution in [0.2, 0.25) is 0 Å². The second-order valence-corrected chi connectivity index (χ2v) is 6.51. The van der Waals surface area contributed by atoms with Crippen molar-refractivity contribution in [3.63, 3.8) is 0 Å². The Morgan fingerprint density at radius 1 is 1.46 bits per heavy atom. The summed E-state index contributed by atoms with van der Waals surface area (Å²) in [6.45, 7) is 6.24. The second-order valence-electron chi connectivity index (χ2n) is 6.51. The minimum Gasteiger partial charge on any atom is -0.370 e. The molecule has 2 unspecified atom stereocenters. The van der Waals surface area contributed by atoms with Gasteiger partial charge in [0.25, 0.3) is 0 Å². The van der Waals surface area contributed by atoms with Gasteiger partial charge in [-0.1, -0.05) is 6.92 Å². The molecule has 0 saturated carbocycles. The molecule has 0 bridgehead atoms. The van der Waals surface area contributed by atoms with E-state index in [1.807, 2.05) is 54.3 Å². The summed E-state index contributed by atoms with van der Waals surface area (Å²) in [6.07, 6.45) is 7.71. The third kappa shape index (κ3) is 5.44. The predicted molar refractivity (Wildman–Crippen MR) is 112 cm³/mol. The zero-order chi connectivity index (χ0) is 17.6. The van der Waals surface area contributed by atoms with Gasteiger partial charge < -0.3 is 15.0 Å². The van der Waals surface area contributed by atoms with Crippen molar-refractivity contribution in [1.29, 1.82) is 0 Å². The molecule has 1 aliphatic heterocycles. The summed E-state index contributed by atoms with van der Waals surface area (Å²) >= 11 is 0. The lowest BCUT2D eigenvalue weighted by Gasteiger charge is -2.35. The fourth-order valence-electron chi connectivity index (χ4n) is 3.04. The molecule has 0 aliphatic carbocycles. The molecule has 8 nitrogen and oxygen atoms in total. The summed E-state index contributed by atoms with van der Waals surface area (Å²) in [5, 5.41) is 12.0. The van der Waals surface area contributed by atoms with Gasteiger partial charge in [-0.3, -0.25) is 14.4 Å². The van der Waals surface area contributed by atoms with Gasteiger partial charge in [-0.25, -0.2) is 0 Å². The van der Waals surface area contributed by atoms with Crippen molar-refractivity contribution < 1.29 is 4.74 Å². The van der Waals surface area contributed by atoms with Crippen molar-refractivity contribution in [2.24, 2.45) is 18.0 Å². The lowest BCUT2D eigenvalue weighted by Crippen LogP contribution is -2.49. The molecule has 1 saturated heterocycles. The quantitative estimate of drug-likeness (QED) is 0.405. The molecule has 1 fully saturated rings. The van der Waals surface area contributed by atoms with Crippen molar-refractivity contribution in [3.8, 4) is 0 Å². The van der Waals surface area contributed by atoms with Gasteiger partial charge in [0.2, 0.25) is 0 Å². The van der Waals surface area contributed by atoms with Crippen LogP contribution in [0, 0.1) is 5.92 Å². The topological polar surface area (TPSA) is 72.5 Å². The highest BCUT2D eigenvalue weighted by Crippen LogP contribution is 2.21. The van der Waals surface area contributed by atoms with E-state index in [1.165, 1.54) is 0 Å². The van der Waals surface area contributed by atoms with Crippen LogP contribution in [0.15, 0.2) is 35.8 Å². The van der Waals surface area contributed by atoms with Gasteiger partial charge in [-0.2, -0.15) is 10.2 Å². The molecular weight excluding hydrogens is 445 g/mol. The summed E-state index contributed by atoms with van der Waals surface area (Å²) in [6, 6.07) is 1.95. The first-order valence-corrected chi connectivity index (χ1v) is 8.69. The standard InChI is InChI=1S/C17H27N7O.HI/c1-14(11-24-6-4-5-20-24)9-19-17(18-2)23-7-8-25-16(13-23)15-10-21-22(3)12-15;/h4-6,10,12,14,16H,7-9,11,13H2,1-3H3,(H,18,19);1H. The van der Waals surface area contributed by atoms with Crippen LogP contribution >= 0.6 is 24.0 Å². The summed E-state index contributed by atoms with van der Waals surface area (Å²) in [7, 11) is 3.75. The first-order chi connectivity index (χ1) is 12.2. The van der Waals surface area contributed by atoms with E-state index in [9.17, 15) is 0 Å². The normalized spacial score (nSPS) is 19.1. The first-order valence-electron chi connectivity index (χ1n) is 8.69. The van der Waals surface area contributed by atoms with E-state index in [0.717, 1.165) is 37.7 Å². The van der Waals surface area contributed by atoms with Crippen LogP contribution in [0.4, 0.5) is 0 Å². The fraction of sp³-hybridized carbons (Fsp3) is 0.588. The Kier molecular flexibility index (Phi) is 7.88. The van der Waals surface area contributed by atoms with E-state index < -0.39 is 0 Å². The number of hydrogen-bond donors (Lipinski definition) is 1. The van der Waals surface area contributed by atoms with Crippen LogP contribution in [-0.2, 0) is 18.3 Å². The van der Waals surface area contributed by atoms with Crippen LogP contribution in [-0.4, -0.2) is 63.7 Å². The molecule has 9 heteroatoms. The highest BCUT2D eigenvalue weighted by atomic mass is 127. The molecule has 1 aliphatic rings. The zero-order valence-electron chi connectivity index (χ0n) is 15.6. The van der Waals surface area contributed by atoms with Gasteiger partial charge in [-0.15, -0.1) is 24.0 Å². The van der Waals surface area contributed by atoms with E-state index in [-0.39, 0.29) is 30.1 Å². The number of nitrogens with one attached hydrogen (secondary N) is 1. The lowest BCUT2D eigenvalue weighted by atomic mass is 10.1. The molecular formula is C17H28IN7O. The monoisotopic (exact) mass is 473 g/mol. The van der Waals surface area contributed by atoms with Crippen LogP contribution < -0.4 is 5.32 Å². The molecule has 0 amide bonds. The first kappa shape index (κ1) is 20.7. The number of aryl methyl sites for hydroxylation is 1. The maximum absolute atomic E-state index is 5.91. The maximum Gasteiger partial charge on any atom is 0.193 e. The Hall–Kier alpha value is -1.62. The number of nitrogens with zero attached hydrogens (tertiary/aromatic N) is 6. The third-order valence-electron chi connectivity index (χ3n) is 4.34. The van der Waals surface area contributed by atoms with Crippen LogP contribution in [0.1, 0.15) is 18.6 Å². The minimum atomic E-state index is 0. The second kappa shape index (κ2) is 9.91. The molecule has 0 aromatic carbocycles. The van der Waals surface area contributed by atoms with E-state index >= 15 is 0 Å². The summed E-state index contributed by atoms with van der Waals surface area (Å²) in [4.78, 5) is 6.70. The smallest absolute Gasteiger partial charge is 0.193 e. The van der Waals surface area contributed by atoms with Gasteiger partial charge in [0.05, 0.1) is 19.3 Å². The Morgan fingerprint density at radius 2 is 2.31 bits per heavy atom. The maximum atomic E-state index is 5.91. The van der Waals surface area contributed by atoms with Crippen molar-refractivity contribution in [2.75, 3.05) is 33.3 Å². The highest BCUT2D eigenvalue weighted by Gasteiger charge is 2.25. The SMILES string of the molecule is CN=C(NCC(C)Cn1cccn1)N1CCOC(c2cnn(C)c2)C1.I. The molecule has 3 rings (SSSR count). The number of guanidine groups is 1. The summed E-state index contributed by atoms with van der Waals surface area (Å²) < 4.78 is 9.68. The Balaban J connectivity index is 0.00000243. The summed E-state index contributed by atoms with van der Waals surface area (Å²) in [5.41, 5.74) is 1.11. The lowest BCUT2D eigenvalue weighted by molar-refractivity contribution is -0.00808. The van der Waals surface area contributed by atoms with E-state index in [4.69, 9.17) is 4.74 Å². The molecule has 3 heterocycles. The number of halogens is 1.